The molecule has 0 radical (unpaired) electrons. The average molecular weight is 210 g/mol. The third-order valence-corrected chi connectivity index (χ3v) is 3.63. The number of carbonyl (C=O) groups excluding carboxylic acids is 2. The van der Waals surface area contributed by atoms with Gasteiger partial charge in [0.2, 0.25) is 11.8 Å². The average Bonchev–Trinajstić information content (AvgIpc) is 2.60. The first-order valence-electron chi connectivity index (χ1n) is 5.62. The standard InChI is InChI=1S/C11H18N2O2/c1-8(14)12-6-10-4-3-5-13(9(2)15)11(10)7-12/h10-11H,3-7H2,1-2H3/t10-,11+/m0/s1. The van der Waals surface area contributed by atoms with Crippen LogP contribution in [0.15, 0.2) is 0 Å². The molecule has 0 spiro atoms. The van der Waals surface area contributed by atoms with Gasteiger partial charge in [-0.3, -0.25) is 9.59 Å². The predicted molar refractivity (Wildman–Crippen MR) is 56.2 cm³/mol. The molecule has 2 amide bonds. The smallest absolute Gasteiger partial charge is 0.219 e. The zero-order valence-corrected chi connectivity index (χ0v) is 9.40. The van der Waals surface area contributed by atoms with E-state index in [4.69, 9.17) is 0 Å². The highest BCUT2D eigenvalue weighted by Crippen LogP contribution is 2.30. The van der Waals surface area contributed by atoms with Crippen LogP contribution in [0, 0.1) is 5.92 Å². The molecular weight excluding hydrogens is 192 g/mol. The van der Waals surface area contributed by atoms with Crippen molar-refractivity contribution in [3.05, 3.63) is 0 Å². The molecule has 0 saturated carbocycles. The van der Waals surface area contributed by atoms with E-state index in [1.54, 1.807) is 13.8 Å². The van der Waals surface area contributed by atoms with Crippen molar-refractivity contribution in [3.63, 3.8) is 0 Å². The monoisotopic (exact) mass is 210 g/mol. The van der Waals surface area contributed by atoms with E-state index < -0.39 is 0 Å². The van der Waals surface area contributed by atoms with Crippen LogP contribution in [0.4, 0.5) is 0 Å². The van der Waals surface area contributed by atoms with Crippen LogP contribution in [-0.2, 0) is 9.59 Å². The van der Waals surface area contributed by atoms with Crippen LogP contribution in [0.1, 0.15) is 26.7 Å². The number of hydrogen-bond acceptors (Lipinski definition) is 2. The molecule has 0 aromatic carbocycles. The number of amides is 2. The fourth-order valence-corrected chi connectivity index (χ4v) is 2.83. The SMILES string of the molecule is CC(=O)N1C[C@@H]2CCCN(C(C)=O)[C@@H]2C1. The summed E-state index contributed by atoms with van der Waals surface area (Å²) in [5, 5.41) is 0. The molecule has 2 rings (SSSR count). The number of carbonyl (C=O) groups is 2. The molecule has 0 aromatic heterocycles. The maximum atomic E-state index is 11.4. The van der Waals surface area contributed by atoms with Gasteiger partial charge in [-0.25, -0.2) is 0 Å². The fourth-order valence-electron chi connectivity index (χ4n) is 2.83. The van der Waals surface area contributed by atoms with Crippen LogP contribution in [0.3, 0.4) is 0 Å². The van der Waals surface area contributed by atoms with Crippen molar-refractivity contribution in [1.82, 2.24) is 9.80 Å². The molecule has 0 unspecified atom stereocenters. The Morgan fingerprint density at radius 2 is 1.87 bits per heavy atom. The lowest BCUT2D eigenvalue weighted by Gasteiger charge is -2.36. The largest absolute Gasteiger partial charge is 0.341 e. The maximum absolute atomic E-state index is 11.4. The number of hydrogen-bond donors (Lipinski definition) is 0. The van der Waals surface area contributed by atoms with Crippen LogP contribution < -0.4 is 0 Å². The van der Waals surface area contributed by atoms with Crippen LogP contribution in [0.2, 0.25) is 0 Å². The summed E-state index contributed by atoms with van der Waals surface area (Å²) in [4.78, 5) is 26.5. The van der Waals surface area contributed by atoms with Crippen LogP contribution in [0.5, 0.6) is 0 Å². The summed E-state index contributed by atoms with van der Waals surface area (Å²) in [5.74, 6) is 0.787. The predicted octanol–water partition coefficient (Wildman–Crippen LogP) is 0.476. The molecule has 0 N–H and O–H groups in total. The number of nitrogens with zero attached hydrogens (tertiary/aromatic N) is 2. The summed E-state index contributed by atoms with van der Waals surface area (Å²) in [6.07, 6.45) is 2.23. The molecule has 2 atom stereocenters. The van der Waals surface area contributed by atoms with E-state index in [0.717, 1.165) is 32.5 Å². The molecular formula is C11H18N2O2. The first-order chi connectivity index (χ1) is 7.09. The lowest BCUT2D eigenvalue weighted by molar-refractivity contribution is -0.134. The third-order valence-electron chi connectivity index (χ3n) is 3.63. The van der Waals surface area contributed by atoms with Crippen molar-refractivity contribution < 1.29 is 9.59 Å². The van der Waals surface area contributed by atoms with E-state index >= 15 is 0 Å². The Labute approximate surface area is 90.2 Å². The van der Waals surface area contributed by atoms with Gasteiger partial charge in [-0.15, -0.1) is 0 Å². The Morgan fingerprint density at radius 3 is 2.47 bits per heavy atom. The minimum Gasteiger partial charge on any atom is -0.341 e. The second-order valence-corrected chi connectivity index (χ2v) is 4.61. The van der Waals surface area contributed by atoms with Crippen LogP contribution in [-0.4, -0.2) is 47.3 Å². The van der Waals surface area contributed by atoms with Crippen LogP contribution >= 0.6 is 0 Å². The summed E-state index contributed by atoms with van der Waals surface area (Å²) in [6.45, 7) is 5.67. The topological polar surface area (TPSA) is 40.6 Å². The summed E-state index contributed by atoms with van der Waals surface area (Å²) < 4.78 is 0. The van der Waals surface area contributed by atoms with Crippen LogP contribution in [0.25, 0.3) is 0 Å². The van der Waals surface area contributed by atoms with Gasteiger partial charge < -0.3 is 9.80 Å². The maximum Gasteiger partial charge on any atom is 0.219 e. The van der Waals surface area contributed by atoms with Crippen molar-refractivity contribution in [3.8, 4) is 0 Å². The molecule has 84 valence electrons. The molecule has 15 heavy (non-hydrogen) atoms. The Balaban J connectivity index is 2.10. The van der Waals surface area contributed by atoms with E-state index in [1.807, 2.05) is 9.80 Å². The Morgan fingerprint density at radius 1 is 1.13 bits per heavy atom. The summed E-state index contributed by atoms with van der Waals surface area (Å²) >= 11 is 0. The number of rotatable bonds is 0. The zero-order valence-electron chi connectivity index (χ0n) is 9.40. The van der Waals surface area contributed by atoms with E-state index in [0.29, 0.717) is 5.92 Å². The van der Waals surface area contributed by atoms with Crippen molar-refractivity contribution in [2.45, 2.75) is 32.7 Å². The van der Waals surface area contributed by atoms with Gasteiger partial charge in [-0.05, 0) is 18.8 Å². The molecule has 0 aromatic rings. The highest BCUT2D eigenvalue weighted by atomic mass is 16.2. The molecule has 4 heteroatoms. The van der Waals surface area contributed by atoms with Crippen molar-refractivity contribution in [2.24, 2.45) is 5.92 Å². The Kier molecular flexibility index (Phi) is 2.67. The summed E-state index contributed by atoms with van der Waals surface area (Å²) in [7, 11) is 0. The fraction of sp³-hybridized carbons (Fsp3) is 0.818. The highest BCUT2D eigenvalue weighted by Gasteiger charge is 2.40. The number of fused-ring (bicyclic) bond motifs is 1. The molecule has 0 aliphatic carbocycles. The van der Waals surface area contributed by atoms with Gasteiger partial charge in [0.05, 0.1) is 6.04 Å². The minimum absolute atomic E-state index is 0.132. The minimum atomic E-state index is 0.132. The molecule has 2 saturated heterocycles. The normalized spacial score (nSPS) is 30.3. The lowest BCUT2D eigenvalue weighted by Crippen LogP contribution is -2.47. The molecule has 2 fully saturated rings. The quantitative estimate of drug-likeness (QED) is 0.583. The summed E-state index contributed by atoms with van der Waals surface area (Å²) in [6, 6.07) is 0.278. The number of likely N-dealkylation sites (tertiary alicyclic amines) is 2. The summed E-state index contributed by atoms with van der Waals surface area (Å²) in [5.41, 5.74) is 0. The molecule has 2 heterocycles. The second-order valence-electron chi connectivity index (χ2n) is 4.61. The highest BCUT2D eigenvalue weighted by molar-refractivity contribution is 5.75. The third kappa shape index (κ3) is 1.85. The second kappa shape index (κ2) is 3.83. The number of piperidine rings is 1. The van der Waals surface area contributed by atoms with Gasteiger partial charge in [0.15, 0.2) is 0 Å². The molecule has 2 aliphatic rings. The van der Waals surface area contributed by atoms with E-state index in [2.05, 4.69) is 0 Å². The Bertz CT molecular complexity index is 290. The van der Waals surface area contributed by atoms with Gasteiger partial charge >= 0.3 is 0 Å². The Hall–Kier alpha value is -1.06. The molecule has 0 bridgehead atoms. The van der Waals surface area contributed by atoms with Crippen molar-refractivity contribution in [2.75, 3.05) is 19.6 Å². The van der Waals surface area contributed by atoms with E-state index in [1.165, 1.54) is 0 Å². The molecule has 2 aliphatic heterocycles. The van der Waals surface area contributed by atoms with Crippen molar-refractivity contribution >= 4 is 11.8 Å². The van der Waals surface area contributed by atoms with Crippen molar-refractivity contribution in [1.29, 1.82) is 0 Å². The lowest BCUT2D eigenvalue weighted by atomic mass is 9.92. The van der Waals surface area contributed by atoms with Gasteiger partial charge in [-0.2, -0.15) is 0 Å². The van der Waals surface area contributed by atoms with Gasteiger partial charge in [-0.1, -0.05) is 0 Å². The van der Waals surface area contributed by atoms with Gasteiger partial charge in [0.1, 0.15) is 0 Å². The van der Waals surface area contributed by atoms with E-state index in [-0.39, 0.29) is 17.9 Å². The first-order valence-corrected chi connectivity index (χ1v) is 5.62. The van der Waals surface area contributed by atoms with Gasteiger partial charge in [0, 0.05) is 33.5 Å². The zero-order chi connectivity index (χ0) is 11.0. The van der Waals surface area contributed by atoms with E-state index in [9.17, 15) is 9.59 Å². The van der Waals surface area contributed by atoms with Gasteiger partial charge in [0.25, 0.3) is 0 Å². The first kappa shape index (κ1) is 10.5. The molecule has 4 nitrogen and oxygen atoms in total.